The van der Waals surface area contributed by atoms with Crippen LogP contribution in [-0.4, -0.2) is 54.6 Å². The molecule has 1 aliphatic heterocycles. The molecule has 1 rings (SSSR count). The van der Waals surface area contributed by atoms with Crippen LogP contribution in [0.5, 0.6) is 0 Å². The molecular formula is C12H26N2O2. The van der Waals surface area contributed by atoms with Crippen molar-refractivity contribution in [2.45, 2.75) is 51.9 Å². The standard InChI is InChI=1S/C12H26N2O2/c1-4-5-6-13-7-12(15)14-10(2)8-16-9-11(14)3/h10-13,15H,4-9H2,1-3H3/t10-,11+,12?. The molecule has 3 atom stereocenters. The van der Waals surface area contributed by atoms with Crippen molar-refractivity contribution in [1.29, 1.82) is 0 Å². The molecule has 1 aliphatic rings. The quantitative estimate of drug-likeness (QED) is 0.663. The van der Waals surface area contributed by atoms with Crippen molar-refractivity contribution >= 4 is 0 Å². The second-order valence-electron chi connectivity index (χ2n) is 4.72. The number of aliphatic hydroxyl groups excluding tert-OH is 1. The predicted octanol–water partition coefficient (Wildman–Crippen LogP) is 0.804. The van der Waals surface area contributed by atoms with Gasteiger partial charge in [-0.2, -0.15) is 0 Å². The molecule has 0 aromatic carbocycles. The minimum Gasteiger partial charge on any atom is -0.378 e. The number of nitrogens with one attached hydrogen (secondary N) is 1. The fraction of sp³-hybridized carbons (Fsp3) is 1.00. The number of unbranched alkanes of at least 4 members (excludes halogenated alkanes) is 1. The lowest BCUT2D eigenvalue weighted by molar-refractivity contribution is -0.116. The van der Waals surface area contributed by atoms with E-state index in [4.69, 9.17) is 4.74 Å². The van der Waals surface area contributed by atoms with Crippen LogP contribution in [-0.2, 0) is 4.74 Å². The first kappa shape index (κ1) is 13.9. The first-order valence-corrected chi connectivity index (χ1v) is 6.40. The molecule has 0 bridgehead atoms. The molecule has 96 valence electrons. The maximum absolute atomic E-state index is 10.1. The zero-order valence-corrected chi connectivity index (χ0v) is 10.8. The van der Waals surface area contributed by atoms with Gasteiger partial charge < -0.3 is 15.2 Å². The number of aliphatic hydroxyl groups is 1. The van der Waals surface area contributed by atoms with E-state index in [-0.39, 0.29) is 0 Å². The summed E-state index contributed by atoms with van der Waals surface area (Å²) in [4.78, 5) is 2.14. The summed E-state index contributed by atoms with van der Waals surface area (Å²) < 4.78 is 5.44. The third kappa shape index (κ3) is 4.01. The van der Waals surface area contributed by atoms with Crippen LogP contribution >= 0.6 is 0 Å². The number of rotatable bonds is 6. The zero-order valence-electron chi connectivity index (χ0n) is 10.8. The number of hydrogen-bond donors (Lipinski definition) is 2. The topological polar surface area (TPSA) is 44.7 Å². The largest absolute Gasteiger partial charge is 0.378 e. The third-order valence-corrected chi connectivity index (χ3v) is 3.11. The molecule has 16 heavy (non-hydrogen) atoms. The lowest BCUT2D eigenvalue weighted by Crippen LogP contribution is -2.56. The highest BCUT2D eigenvalue weighted by atomic mass is 16.5. The Kier molecular flexibility index (Phi) is 6.28. The molecular weight excluding hydrogens is 204 g/mol. The number of hydrogen-bond acceptors (Lipinski definition) is 4. The zero-order chi connectivity index (χ0) is 12.0. The van der Waals surface area contributed by atoms with Gasteiger partial charge in [-0.25, -0.2) is 0 Å². The average molecular weight is 230 g/mol. The van der Waals surface area contributed by atoms with Gasteiger partial charge in [-0.05, 0) is 26.8 Å². The van der Waals surface area contributed by atoms with Crippen LogP contribution in [0.4, 0.5) is 0 Å². The number of nitrogens with zero attached hydrogens (tertiary/aromatic N) is 1. The van der Waals surface area contributed by atoms with Crippen molar-refractivity contribution in [2.75, 3.05) is 26.3 Å². The summed E-state index contributed by atoms with van der Waals surface area (Å²) in [5, 5.41) is 13.4. The molecule has 0 saturated carbocycles. The summed E-state index contributed by atoms with van der Waals surface area (Å²) in [5.74, 6) is 0. The second kappa shape index (κ2) is 7.22. The maximum Gasteiger partial charge on any atom is 0.120 e. The highest BCUT2D eigenvalue weighted by molar-refractivity contribution is 4.80. The van der Waals surface area contributed by atoms with Gasteiger partial charge in [-0.15, -0.1) is 0 Å². The van der Waals surface area contributed by atoms with E-state index in [1.165, 1.54) is 12.8 Å². The van der Waals surface area contributed by atoms with Gasteiger partial charge in [-0.1, -0.05) is 13.3 Å². The SMILES string of the molecule is CCCCNCC(O)N1[C@H](C)COC[C@@H]1C. The normalized spacial score (nSPS) is 29.2. The molecule has 0 radical (unpaired) electrons. The van der Waals surface area contributed by atoms with E-state index in [0.29, 0.717) is 18.6 Å². The Morgan fingerprint density at radius 3 is 2.56 bits per heavy atom. The van der Waals surface area contributed by atoms with Crippen molar-refractivity contribution < 1.29 is 9.84 Å². The van der Waals surface area contributed by atoms with Crippen molar-refractivity contribution in [1.82, 2.24) is 10.2 Å². The monoisotopic (exact) mass is 230 g/mol. The van der Waals surface area contributed by atoms with E-state index in [1.54, 1.807) is 0 Å². The fourth-order valence-electron chi connectivity index (χ4n) is 2.24. The molecule has 1 fully saturated rings. The molecule has 2 N–H and O–H groups in total. The molecule has 1 heterocycles. The summed E-state index contributed by atoms with van der Waals surface area (Å²) in [5.41, 5.74) is 0. The molecule has 0 amide bonds. The molecule has 4 heteroatoms. The molecule has 0 spiro atoms. The molecule has 0 aromatic rings. The molecule has 1 unspecified atom stereocenters. The van der Waals surface area contributed by atoms with Gasteiger partial charge in [-0.3, -0.25) is 4.90 Å². The van der Waals surface area contributed by atoms with Crippen LogP contribution in [0, 0.1) is 0 Å². The first-order valence-electron chi connectivity index (χ1n) is 6.40. The second-order valence-corrected chi connectivity index (χ2v) is 4.72. The predicted molar refractivity (Wildman–Crippen MR) is 65.4 cm³/mol. The smallest absolute Gasteiger partial charge is 0.120 e. The van der Waals surface area contributed by atoms with Crippen LogP contribution in [0.3, 0.4) is 0 Å². The minimum absolute atomic E-state index is 0.298. The van der Waals surface area contributed by atoms with E-state index >= 15 is 0 Å². The highest BCUT2D eigenvalue weighted by Gasteiger charge is 2.30. The molecule has 0 aliphatic carbocycles. The van der Waals surface area contributed by atoms with E-state index in [0.717, 1.165) is 19.8 Å². The van der Waals surface area contributed by atoms with Crippen molar-refractivity contribution in [3.05, 3.63) is 0 Å². The third-order valence-electron chi connectivity index (χ3n) is 3.11. The summed E-state index contributed by atoms with van der Waals surface area (Å²) >= 11 is 0. The maximum atomic E-state index is 10.1. The van der Waals surface area contributed by atoms with Gasteiger partial charge in [0.05, 0.1) is 13.2 Å². The number of morpholine rings is 1. The van der Waals surface area contributed by atoms with Gasteiger partial charge in [0.25, 0.3) is 0 Å². The van der Waals surface area contributed by atoms with E-state index in [9.17, 15) is 5.11 Å². The van der Waals surface area contributed by atoms with Crippen LogP contribution in [0.25, 0.3) is 0 Å². The fourth-order valence-corrected chi connectivity index (χ4v) is 2.24. The van der Waals surface area contributed by atoms with E-state index in [2.05, 4.69) is 31.0 Å². The van der Waals surface area contributed by atoms with Gasteiger partial charge in [0.15, 0.2) is 0 Å². The van der Waals surface area contributed by atoms with Gasteiger partial charge in [0.2, 0.25) is 0 Å². The van der Waals surface area contributed by atoms with E-state index < -0.39 is 6.23 Å². The van der Waals surface area contributed by atoms with Crippen molar-refractivity contribution in [3.63, 3.8) is 0 Å². The highest BCUT2D eigenvalue weighted by Crippen LogP contribution is 2.15. The Labute approximate surface area is 99.0 Å². The number of ether oxygens (including phenoxy) is 1. The van der Waals surface area contributed by atoms with Crippen molar-refractivity contribution in [3.8, 4) is 0 Å². The van der Waals surface area contributed by atoms with Crippen LogP contribution in [0.2, 0.25) is 0 Å². The van der Waals surface area contributed by atoms with Crippen molar-refractivity contribution in [2.24, 2.45) is 0 Å². The van der Waals surface area contributed by atoms with Gasteiger partial charge >= 0.3 is 0 Å². The summed E-state index contributed by atoms with van der Waals surface area (Å²) in [6.45, 7) is 9.45. The Bertz CT molecular complexity index is 180. The molecule has 1 saturated heterocycles. The summed E-state index contributed by atoms with van der Waals surface area (Å²) in [7, 11) is 0. The minimum atomic E-state index is -0.397. The summed E-state index contributed by atoms with van der Waals surface area (Å²) in [6, 6.07) is 0.596. The van der Waals surface area contributed by atoms with Gasteiger partial charge in [0.1, 0.15) is 6.23 Å². The Hall–Kier alpha value is -0.160. The average Bonchev–Trinajstić information content (AvgIpc) is 2.24. The molecule has 4 nitrogen and oxygen atoms in total. The van der Waals surface area contributed by atoms with E-state index in [1.807, 2.05) is 0 Å². The Balaban J connectivity index is 2.29. The lowest BCUT2D eigenvalue weighted by atomic mass is 10.1. The molecule has 0 aromatic heterocycles. The van der Waals surface area contributed by atoms with Crippen LogP contribution < -0.4 is 5.32 Å². The Morgan fingerprint density at radius 1 is 1.38 bits per heavy atom. The Morgan fingerprint density at radius 2 is 2.00 bits per heavy atom. The first-order chi connectivity index (χ1) is 7.66. The van der Waals surface area contributed by atoms with Crippen LogP contribution in [0.15, 0.2) is 0 Å². The summed E-state index contributed by atoms with van der Waals surface area (Å²) in [6.07, 6.45) is 1.96. The van der Waals surface area contributed by atoms with Gasteiger partial charge in [0, 0.05) is 18.6 Å². The lowest BCUT2D eigenvalue weighted by Gasteiger charge is -2.41. The van der Waals surface area contributed by atoms with Crippen LogP contribution in [0.1, 0.15) is 33.6 Å².